The largest absolute Gasteiger partial charge is 0.487 e. The van der Waals surface area contributed by atoms with E-state index in [-0.39, 0.29) is 12.6 Å². The van der Waals surface area contributed by atoms with E-state index in [0.29, 0.717) is 36.4 Å². The Labute approximate surface area is 189 Å². The molecule has 32 heavy (non-hydrogen) atoms. The highest BCUT2D eigenvalue weighted by molar-refractivity contribution is 7.92. The van der Waals surface area contributed by atoms with Crippen molar-refractivity contribution < 1.29 is 18.3 Å². The van der Waals surface area contributed by atoms with Gasteiger partial charge >= 0.3 is 0 Å². The Balaban J connectivity index is 1.81. The van der Waals surface area contributed by atoms with Gasteiger partial charge in [0.05, 0.1) is 24.6 Å². The number of aliphatic hydroxyl groups is 1. The molecule has 0 aromatic heterocycles. The van der Waals surface area contributed by atoms with Gasteiger partial charge in [0, 0.05) is 6.04 Å². The molecule has 0 heterocycles. The summed E-state index contributed by atoms with van der Waals surface area (Å²) in [5.74, 6) is 0.469. The van der Waals surface area contributed by atoms with Crippen molar-refractivity contribution in [2.75, 3.05) is 10.6 Å². The molecule has 0 spiro atoms. The van der Waals surface area contributed by atoms with E-state index in [1.165, 1.54) is 10.6 Å². The van der Waals surface area contributed by atoms with Crippen LogP contribution in [-0.4, -0.2) is 25.8 Å². The zero-order chi connectivity index (χ0) is 22.7. The molecule has 2 atom stereocenters. The minimum atomic E-state index is -3.65. The zero-order valence-corrected chi connectivity index (χ0v) is 18.8. The first-order valence-corrected chi connectivity index (χ1v) is 12.5. The van der Waals surface area contributed by atoms with Gasteiger partial charge in [-0.25, -0.2) is 8.42 Å². The van der Waals surface area contributed by atoms with Gasteiger partial charge in [0.25, 0.3) is 0 Å². The van der Waals surface area contributed by atoms with Crippen LogP contribution in [0.1, 0.15) is 34.8 Å². The SMILES string of the molecule is CS(=O)(=O)N(Cc1ccccc1)c1c(OCc2ccccc2)ccc2c1CCC(N)C2O. The van der Waals surface area contributed by atoms with Gasteiger partial charge in [-0.15, -0.1) is 0 Å². The summed E-state index contributed by atoms with van der Waals surface area (Å²) in [6.45, 7) is 0.470. The van der Waals surface area contributed by atoms with E-state index >= 15 is 0 Å². The molecular formula is C25H28N2O4S. The number of fused-ring (bicyclic) bond motifs is 1. The normalized spacial score (nSPS) is 18.1. The van der Waals surface area contributed by atoms with Crippen molar-refractivity contribution >= 4 is 15.7 Å². The van der Waals surface area contributed by atoms with Gasteiger partial charge in [-0.2, -0.15) is 0 Å². The van der Waals surface area contributed by atoms with E-state index in [9.17, 15) is 13.5 Å². The van der Waals surface area contributed by atoms with Crippen LogP contribution in [0.5, 0.6) is 5.75 Å². The van der Waals surface area contributed by atoms with Crippen LogP contribution in [0, 0.1) is 0 Å². The molecule has 2 unspecified atom stereocenters. The Morgan fingerprint density at radius 1 is 1.00 bits per heavy atom. The molecule has 0 saturated heterocycles. The molecule has 168 valence electrons. The topological polar surface area (TPSA) is 92.9 Å². The third kappa shape index (κ3) is 4.80. The average Bonchev–Trinajstić information content (AvgIpc) is 2.79. The molecule has 6 nitrogen and oxygen atoms in total. The van der Waals surface area contributed by atoms with Crippen molar-refractivity contribution in [2.45, 2.75) is 38.1 Å². The van der Waals surface area contributed by atoms with E-state index < -0.39 is 16.1 Å². The number of benzene rings is 3. The van der Waals surface area contributed by atoms with Gasteiger partial charge in [0.15, 0.2) is 0 Å². The summed E-state index contributed by atoms with van der Waals surface area (Å²) < 4.78 is 33.5. The van der Waals surface area contributed by atoms with Crippen LogP contribution in [0.2, 0.25) is 0 Å². The van der Waals surface area contributed by atoms with Crippen molar-refractivity contribution in [2.24, 2.45) is 5.73 Å². The van der Waals surface area contributed by atoms with Crippen molar-refractivity contribution in [1.29, 1.82) is 0 Å². The van der Waals surface area contributed by atoms with E-state index in [1.807, 2.05) is 60.7 Å². The summed E-state index contributed by atoms with van der Waals surface area (Å²) in [6, 6.07) is 22.3. The fourth-order valence-corrected chi connectivity index (χ4v) is 5.02. The summed E-state index contributed by atoms with van der Waals surface area (Å²) in [5.41, 5.74) is 9.84. The summed E-state index contributed by atoms with van der Waals surface area (Å²) in [5, 5.41) is 10.7. The molecule has 0 radical (unpaired) electrons. The van der Waals surface area contributed by atoms with Gasteiger partial charge in [-0.1, -0.05) is 66.7 Å². The number of nitrogens with zero attached hydrogens (tertiary/aromatic N) is 1. The lowest BCUT2D eigenvalue weighted by molar-refractivity contribution is 0.133. The standard InChI is InChI=1S/C25H28N2O4S/c1-32(29,30)27(16-18-8-4-2-5-9-18)24-20-12-14-22(26)25(28)21(20)13-15-23(24)31-17-19-10-6-3-7-11-19/h2-11,13,15,22,25,28H,12,14,16-17,26H2,1H3. The maximum absolute atomic E-state index is 13.0. The van der Waals surface area contributed by atoms with Crippen LogP contribution >= 0.6 is 0 Å². The smallest absolute Gasteiger partial charge is 0.232 e. The molecule has 0 bridgehead atoms. The van der Waals surface area contributed by atoms with Crippen molar-refractivity contribution in [3.05, 3.63) is 95.1 Å². The molecule has 0 saturated carbocycles. The van der Waals surface area contributed by atoms with E-state index in [4.69, 9.17) is 10.5 Å². The minimum absolute atomic E-state index is 0.167. The Hall–Kier alpha value is -2.87. The number of aliphatic hydroxyl groups excluding tert-OH is 1. The molecule has 0 fully saturated rings. The maximum atomic E-state index is 13.0. The van der Waals surface area contributed by atoms with E-state index in [1.54, 1.807) is 12.1 Å². The average molecular weight is 453 g/mol. The minimum Gasteiger partial charge on any atom is -0.487 e. The molecule has 3 aromatic rings. The van der Waals surface area contributed by atoms with Gasteiger partial charge in [-0.3, -0.25) is 4.31 Å². The lowest BCUT2D eigenvalue weighted by Gasteiger charge is -2.33. The monoisotopic (exact) mass is 452 g/mol. The molecule has 7 heteroatoms. The second-order valence-corrected chi connectivity index (χ2v) is 10.1. The lowest BCUT2D eigenvalue weighted by Crippen LogP contribution is -2.36. The fourth-order valence-electron chi connectivity index (χ4n) is 4.11. The number of hydrogen-bond acceptors (Lipinski definition) is 5. The Morgan fingerprint density at radius 2 is 1.62 bits per heavy atom. The first-order valence-electron chi connectivity index (χ1n) is 10.6. The van der Waals surface area contributed by atoms with Gasteiger partial charge < -0.3 is 15.6 Å². The van der Waals surface area contributed by atoms with Crippen LogP contribution in [0.3, 0.4) is 0 Å². The maximum Gasteiger partial charge on any atom is 0.232 e. The number of sulfonamides is 1. The van der Waals surface area contributed by atoms with Crippen LogP contribution in [0.15, 0.2) is 72.8 Å². The van der Waals surface area contributed by atoms with Gasteiger partial charge in [-0.05, 0) is 41.2 Å². The quantitative estimate of drug-likeness (QED) is 0.572. The predicted octanol–water partition coefficient (Wildman–Crippen LogP) is 3.54. The number of anilines is 1. The van der Waals surface area contributed by atoms with Crippen molar-refractivity contribution in [3.63, 3.8) is 0 Å². The van der Waals surface area contributed by atoms with Crippen molar-refractivity contribution in [3.8, 4) is 5.75 Å². The molecule has 1 aliphatic rings. The summed E-state index contributed by atoms with van der Waals surface area (Å²) in [4.78, 5) is 0. The highest BCUT2D eigenvalue weighted by Crippen LogP contribution is 2.43. The number of rotatable bonds is 7. The third-order valence-electron chi connectivity index (χ3n) is 5.79. The molecule has 3 N–H and O–H groups in total. The second-order valence-electron chi connectivity index (χ2n) is 8.16. The van der Waals surface area contributed by atoms with Crippen LogP contribution < -0.4 is 14.8 Å². The number of ether oxygens (including phenoxy) is 1. The van der Waals surface area contributed by atoms with E-state index in [0.717, 1.165) is 16.7 Å². The zero-order valence-electron chi connectivity index (χ0n) is 18.0. The fraction of sp³-hybridized carbons (Fsp3) is 0.280. The Kier molecular flexibility index (Phi) is 6.50. The number of hydrogen-bond donors (Lipinski definition) is 2. The molecule has 3 aromatic carbocycles. The summed E-state index contributed by atoms with van der Waals surface area (Å²) >= 11 is 0. The highest BCUT2D eigenvalue weighted by atomic mass is 32.2. The molecule has 1 aliphatic carbocycles. The first-order chi connectivity index (χ1) is 15.3. The first kappa shape index (κ1) is 22.3. The lowest BCUT2D eigenvalue weighted by atomic mass is 9.85. The summed E-state index contributed by atoms with van der Waals surface area (Å²) in [6.07, 6.45) is 1.47. The highest BCUT2D eigenvalue weighted by Gasteiger charge is 2.33. The summed E-state index contributed by atoms with van der Waals surface area (Å²) in [7, 11) is -3.65. The van der Waals surface area contributed by atoms with Crippen LogP contribution in [0.4, 0.5) is 5.69 Å². The molecular weight excluding hydrogens is 424 g/mol. The Bertz CT molecular complexity index is 1170. The van der Waals surface area contributed by atoms with Gasteiger partial charge in [0.2, 0.25) is 10.0 Å². The predicted molar refractivity (Wildman–Crippen MR) is 126 cm³/mol. The molecule has 0 aliphatic heterocycles. The van der Waals surface area contributed by atoms with E-state index in [2.05, 4.69) is 0 Å². The van der Waals surface area contributed by atoms with Crippen LogP contribution in [0.25, 0.3) is 0 Å². The van der Waals surface area contributed by atoms with Crippen molar-refractivity contribution in [1.82, 2.24) is 0 Å². The number of nitrogens with two attached hydrogens (primary N) is 1. The van der Waals surface area contributed by atoms with Gasteiger partial charge in [0.1, 0.15) is 12.4 Å². The third-order valence-corrected chi connectivity index (χ3v) is 6.90. The second kappa shape index (κ2) is 9.32. The molecule has 4 rings (SSSR count). The van der Waals surface area contributed by atoms with Crippen LogP contribution in [-0.2, 0) is 29.6 Å². The molecule has 0 amide bonds. The Morgan fingerprint density at radius 3 is 2.25 bits per heavy atom.